The average Bonchev–Trinajstić information content (AvgIpc) is 1.99. The summed E-state index contributed by atoms with van der Waals surface area (Å²) in [5.41, 5.74) is 0. The molecule has 0 aliphatic rings. The number of nitrogens with one attached hydrogen (secondary N) is 1. The fourth-order valence-electron chi connectivity index (χ4n) is 1.05. The van der Waals surface area contributed by atoms with Crippen molar-refractivity contribution in [2.75, 3.05) is 12.4 Å². The highest BCUT2D eigenvalue weighted by Crippen LogP contribution is 2.00. The van der Waals surface area contributed by atoms with E-state index >= 15 is 0 Å². The first-order chi connectivity index (χ1) is 6.02. The van der Waals surface area contributed by atoms with Crippen LogP contribution < -0.4 is 4.72 Å². The Balaban J connectivity index is 3.82. The monoisotopic (exact) mass is 209 g/mol. The molecule has 0 saturated heterocycles. The Morgan fingerprint density at radius 2 is 2.08 bits per heavy atom. The first-order valence-corrected chi connectivity index (χ1v) is 6.28. The van der Waals surface area contributed by atoms with E-state index in [4.69, 9.17) is 5.11 Å². The summed E-state index contributed by atoms with van der Waals surface area (Å²) in [6.07, 6.45) is 2.93. The van der Waals surface area contributed by atoms with E-state index in [1.54, 1.807) is 0 Å². The van der Waals surface area contributed by atoms with Gasteiger partial charge < -0.3 is 5.11 Å². The second-order valence-corrected chi connectivity index (χ2v) is 5.08. The molecule has 0 aliphatic carbocycles. The lowest BCUT2D eigenvalue weighted by Crippen LogP contribution is -2.35. The predicted molar refractivity (Wildman–Crippen MR) is 53.0 cm³/mol. The zero-order chi connectivity index (χ0) is 10.3. The summed E-state index contributed by atoms with van der Waals surface area (Å²) in [6, 6.07) is -0.0310. The van der Waals surface area contributed by atoms with Crippen molar-refractivity contribution >= 4 is 10.0 Å². The van der Waals surface area contributed by atoms with Gasteiger partial charge in [-0.1, -0.05) is 19.8 Å². The van der Waals surface area contributed by atoms with E-state index in [9.17, 15) is 8.42 Å². The number of hydrogen-bond donors (Lipinski definition) is 2. The van der Waals surface area contributed by atoms with E-state index in [2.05, 4.69) is 11.6 Å². The van der Waals surface area contributed by atoms with Crippen LogP contribution in [0.3, 0.4) is 0 Å². The quantitative estimate of drug-likeness (QED) is 0.641. The van der Waals surface area contributed by atoms with E-state index < -0.39 is 10.0 Å². The minimum Gasteiger partial charge on any atom is -0.395 e. The fraction of sp³-hybridized carbons (Fsp3) is 1.00. The summed E-state index contributed by atoms with van der Waals surface area (Å²) in [5.74, 6) is -0.205. The Bertz CT molecular complexity index is 213. The van der Waals surface area contributed by atoms with E-state index in [0.717, 1.165) is 19.3 Å². The highest BCUT2D eigenvalue weighted by Gasteiger charge is 2.12. The Kier molecular flexibility index (Phi) is 6.28. The van der Waals surface area contributed by atoms with Crippen LogP contribution in [0.5, 0.6) is 0 Å². The lowest BCUT2D eigenvalue weighted by Gasteiger charge is -2.12. The van der Waals surface area contributed by atoms with Gasteiger partial charge in [0.15, 0.2) is 0 Å². The first kappa shape index (κ1) is 12.9. The molecule has 0 aliphatic heterocycles. The SMILES string of the molecule is CCCCC(C)NS(=O)(=O)CCO. The molecule has 0 aromatic rings. The molecule has 4 nitrogen and oxygen atoms in total. The third-order valence-corrected chi connectivity index (χ3v) is 3.21. The molecule has 0 spiro atoms. The normalized spacial score (nSPS) is 14.4. The number of aliphatic hydroxyl groups is 1. The summed E-state index contributed by atoms with van der Waals surface area (Å²) in [6.45, 7) is 3.58. The third kappa shape index (κ3) is 6.98. The molecule has 0 rings (SSSR count). The molecule has 0 radical (unpaired) electrons. The second-order valence-electron chi connectivity index (χ2n) is 3.20. The smallest absolute Gasteiger partial charge is 0.214 e. The molecule has 80 valence electrons. The maximum atomic E-state index is 11.1. The van der Waals surface area contributed by atoms with Crippen molar-refractivity contribution in [1.82, 2.24) is 4.72 Å². The van der Waals surface area contributed by atoms with E-state index in [1.807, 2.05) is 6.92 Å². The van der Waals surface area contributed by atoms with Crippen LogP contribution in [0.4, 0.5) is 0 Å². The molecule has 5 heteroatoms. The topological polar surface area (TPSA) is 66.4 Å². The Morgan fingerprint density at radius 3 is 2.54 bits per heavy atom. The van der Waals surface area contributed by atoms with Crippen molar-refractivity contribution in [3.63, 3.8) is 0 Å². The standard InChI is InChI=1S/C8H19NO3S/c1-3-4-5-8(2)9-13(11,12)7-6-10/h8-10H,3-7H2,1-2H3. The number of hydrogen-bond acceptors (Lipinski definition) is 3. The van der Waals surface area contributed by atoms with Gasteiger partial charge in [-0.25, -0.2) is 13.1 Å². The molecule has 0 heterocycles. The van der Waals surface area contributed by atoms with Crippen molar-refractivity contribution in [1.29, 1.82) is 0 Å². The fourth-order valence-corrected chi connectivity index (χ4v) is 2.14. The molecule has 1 unspecified atom stereocenters. The van der Waals surface area contributed by atoms with Crippen molar-refractivity contribution < 1.29 is 13.5 Å². The van der Waals surface area contributed by atoms with Crippen LogP contribution in [-0.2, 0) is 10.0 Å². The Morgan fingerprint density at radius 1 is 1.46 bits per heavy atom. The second kappa shape index (κ2) is 6.34. The van der Waals surface area contributed by atoms with Crippen LogP contribution in [0.25, 0.3) is 0 Å². The molecule has 0 aromatic carbocycles. The van der Waals surface area contributed by atoms with Gasteiger partial charge in [-0.15, -0.1) is 0 Å². The first-order valence-electron chi connectivity index (χ1n) is 4.62. The van der Waals surface area contributed by atoms with Gasteiger partial charge >= 0.3 is 0 Å². The van der Waals surface area contributed by atoms with E-state index in [0.29, 0.717) is 0 Å². The molecule has 0 aromatic heterocycles. The van der Waals surface area contributed by atoms with Crippen molar-refractivity contribution in [2.24, 2.45) is 0 Å². The lowest BCUT2D eigenvalue weighted by molar-refractivity contribution is 0.319. The van der Waals surface area contributed by atoms with Crippen molar-refractivity contribution in [3.05, 3.63) is 0 Å². The van der Waals surface area contributed by atoms with Gasteiger partial charge in [0.05, 0.1) is 12.4 Å². The number of rotatable bonds is 7. The van der Waals surface area contributed by atoms with Crippen LogP contribution in [0.1, 0.15) is 33.1 Å². The zero-order valence-electron chi connectivity index (χ0n) is 8.28. The van der Waals surface area contributed by atoms with Gasteiger partial charge in [-0.2, -0.15) is 0 Å². The lowest BCUT2D eigenvalue weighted by atomic mass is 10.2. The minimum atomic E-state index is -3.26. The van der Waals surface area contributed by atoms with Crippen LogP contribution in [0.2, 0.25) is 0 Å². The number of unbranched alkanes of at least 4 members (excludes halogenated alkanes) is 1. The Labute approximate surface area is 80.4 Å². The summed E-state index contributed by atoms with van der Waals surface area (Å²) in [5, 5.41) is 8.47. The summed E-state index contributed by atoms with van der Waals surface area (Å²) in [7, 11) is -3.26. The van der Waals surface area contributed by atoms with Gasteiger partial charge in [0.1, 0.15) is 0 Å². The minimum absolute atomic E-state index is 0.0310. The van der Waals surface area contributed by atoms with Crippen molar-refractivity contribution in [2.45, 2.75) is 39.2 Å². The molecule has 0 bridgehead atoms. The zero-order valence-corrected chi connectivity index (χ0v) is 9.10. The highest BCUT2D eigenvalue weighted by molar-refractivity contribution is 7.89. The van der Waals surface area contributed by atoms with Crippen LogP contribution in [0, 0.1) is 0 Å². The van der Waals surface area contributed by atoms with Crippen LogP contribution >= 0.6 is 0 Å². The van der Waals surface area contributed by atoms with Gasteiger partial charge in [0.2, 0.25) is 10.0 Å². The van der Waals surface area contributed by atoms with Crippen LogP contribution in [-0.4, -0.2) is 31.9 Å². The van der Waals surface area contributed by atoms with Crippen LogP contribution in [0.15, 0.2) is 0 Å². The highest BCUT2D eigenvalue weighted by atomic mass is 32.2. The summed E-state index contributed by atoms with van der Waals surface area (Å²) >= 11 is 0. The molecule has 0 fully saturated rings. The summed E-state index contributed by atoms with van der Waals surface area (Å²) < 4.78 is 24.8. The van der Waals surface area contributed by atoms with Gasteiger partial charge in [-0.3, -0.25) is 0 Å². The largest absolute Gasteiger partial charge is 0.395 e. The van der Waals surface area contributed by atoms with Gasteiger partial charge in [-0.05, 0) is 13.3 Å². The maximum absolute atomic E-state index is 11.1. The van der Waals surface area contributed by atoms with E-state index in [1.165, 1.54) is 0 Å². The van der Waals surface area contributed by atoms with Gasteiger partial charge in [0, 0.05) is 6.04 Å². The Hall–Kier alpha value is -0.130. The predicted octanol–water partition coefficient (Wildman–Crippen LogP) is 0.477. The number of aliphatic hydroxyl groups excluding tert-OH is 1. The molecular formula is C8H19NO3S. The third-order valence-electron chi connectivity index (χ3n) is 1.73. The molecule has 0 amide bonds. The number of sulfonamides is 1. The van der Waals surface area contributed by atoms with E-state index in [-0.39, 0.29) is 18.4 Å². The average molecular weight is 209 g/mol. The molecule has 2 N–H and O–H groups in total. The molecule has 0 saturated carbocycles. The van der Waals surface area contributed by atoms with Gasteiger partial charge in [0.25, 0.3) is 0 Å². The molecular weight excluding hydrogens is 190 g/mol. The molecule has 13 heavy (non-hydrogen) atoms. The molecule has 1 atom stereocenters. The maximum Gasteiger partial charge on any atom is 0.214 e. The van der Waals surface area contributed by atoms with Crippen molar-refractivity contribution in [3.8, 4) is 0 Å². The summed E-state index contributed by atoms with van der Waals surface area (Å²) in [4.78, 5) is 0.